The van der Waals surface area contributed by atoms with Crippen molar-refractivity contribution < 1.29 is 19.1 Å². The molecule has 0 aliphatic carbocycles. The average Bonchev–Trinajstić information content (AvgIpc) is 2.45. The van der Waals surface area contributed by atoms with E-state index in [9.17, 15) is 14.0 Å². The second kappa shape index (κ2) is 6.89. The molecule has 21 heavy (non-hydrogen) atoms. The topological polar surface area (TPSA) is 57.6 Å². The molecule has 1 heterocycles. The number of hydrogen-bond acceptors (Lipinski definition) is 2. The third kappa shape index (κ3) is 3.94. The van der Waals surface area contributed by atoms with Crippen LogP contribution in [0.1, 0.15) is 42.5 Å². The second-order valence-corrected chi connectivity index (χ2v) is 5.64. The van der Waals surface area contributed by atoms with Crippen molar-refractivity contribution >= 4 is 23.5 Å². The van der Waals surface area contributed by atoms with Crippen molar-refractivity contribution in [2.24, 2.45) is 0 Å². The first-order valence-corrected chi connectivity index (χ1v) is 7.34. The van der Waals surface area contributed by atoms with Crippen LogP contribution in [0.2, 0.25) is 5.02 Å². The van der Waals surface area contributed by atoms with Crippen molar-refractivity contribution in [2.45, 2.75) is 38.1 Å². The molecule has 0 radical (unpaired) electrons. The number of amides is 1. The molecule has 2 rings (SSSR count). The fraction of sp³-hybridized carbons (Fsp3) is 0.467. The van der Waals surface area contributed by atoms with Crippen LogP contribution in [-0.2, 0) is 4.79 Å². The smallest absolute Gasteiger partial charge is 0.303 e. The molecule has 1 fully saturated rings. The van der Waals surface area contributed by atoms with E-state index < -0.39 is 11.8 Å². The van der Waals surface area contributed by atoms with E-state index in [1.54, 1.807) is 4.90 Å². The molecule has 1 aliphatic rings. The summed E-state index contributed by atoms with van der Waals surface area (Å²) in [7, 11) is 0. The highest BCUT2D eigenvalue weighted by Crippen LogP contribution is 2.24. The van der Waals surface area contributed by atoms with Gasteiger partial charge in [-0.05, 0) is 43.9 Å². The summed E-state index contributed by atoms with van der Waals surface area (Å²) in [6.45, 7) is 0.533. The Kier molecular flexibility index (Phi) is 5.17. The number of aliphatic carboxylic acids is 1. The summed E-state index contributed by atoms with van der Waals surface area (Å²) in [4.78, 5) is 24.8. The van der Waals surface area contributed by atoms with Crippen LogP contribution in [-0.4, -0.2) is 34.5 Å². The minimum Gasteiger partial charge on any atom is -0.481 e. The van der Waals surface area contributed by atoms with Gasteiger partial charge in [-0.25, -0.2) is 4.39 Å². The lowest BCUT2D eigenvalue weighted by atomic mass is 9.97. The van der Waals surface area contributed by atoms with Crippen LogP contribution >= 0.6 is 11.6 Å². The minimum atomic E-state index is -0.884. The lowest BCUT2D eigenvalue weighted by Crippen LogP contribution is -2.44. The van der Waals surface area contributed by atoms with Crippen molar-refractivity contribution in [3.63, 3.8) is 0 Å². The SMILES string of the molecule is O=C(O)CCC1CCCCN1C(=O)c1ccc(Cl)cc1F. The van der Waals surface area contributed by atoms with E-state index in [4.69, 9.17) is 16.7 Å². The zero-order chi connectivity index (χ0) is 15.4. The number of likely N-dealkylation sites (tertiary alicyclic amines) is 1. The van der Waals surface area contributed by atoms with Gasteiger partial charge in [0.25, 0.3) is 5.91 Å². The maximum absolute atomic E-state index is 13.9. The van der Waals surface area contributed by atoms with Crippen molar-refractivity contribution in [1.82, 2.24) is 4.90 Å². The monoisotopic (exact) mass is 313 g/mol. The summed E-state index contributed by atoms with van der Waals surface area (Å²) in [5.74, 6) is -1.92. The van der Waals surface area contributed by atoms with E-state index in [0.29, 0.717) is 13.0 Å². The molecule has 0 saturated carbocycles. The summed E-state index contributed by atoms with van der Waals surface area (Å²) in [6.07, 6.45) is 2.98. The van der Waals surface area contributed by atoms with Crippen molar-refractivity contribution in [3.8, 4) is 0 Å². The van der Waals surface area contributed by atoms with Gasteiger partial charge in [-0.15, -0.1) is 0 Å². The molecule has 114 valence electrons. The Morgan fingerprint density at radius 1 is 1.38 bits per heavy atom. The predicted octanol–water partition coefficient (Wildman–Crippen LogP) is 3.34. The Morgan fingerprint density at radius 2 is 2.14 bits per heavy atom. The fourth-order valence-corrected chi connectivity index (χ4v) is 2.83. The van der Waals surface area contributed by atoms with Gasteiger partial charge in [-0.1, -0.05) is 11.6 Å². The van der Waals surface area contributed by atoms with Crippen LogP contribution < -0.4 is 0 Å². The number of carboxylic acids is 1. The van der Waals surface area contributed by atoms with Gasteiger partial charge >= 0.3 is 5.97 Å². The molecule has 1 N–H and O–H groups in total. The molecule has 0 spiro atoms. The lowest BCUT2D eigenvalue weighted by Gasteiger charge is -2.35. The van der Waals surface area contributed by atoms with Crippen molar-refractivity contribution in [1.29, 1.82) is 0 Å². The van der Waals surface area contributed by atoms with Crippen LogP contribution in [0.25, 0.3) is 0 Å². The van der Waals surface area contributed by atoms with Gasteiger partial charge < -0.3 is 10.0 Å². The highest BCUT2D eigenvalue weighted by molar-refractivity contribution is 6.30. The zero-order valence-corrected chi connectivity index (χ0v) is 12.3. The molecule has 1 aliphatic heterocycles. The van der Waals surface area contributed by atoms with E-state index in [2.05, 4.69) is 0 Å². The first-order valence-electron chi connectivity index (χ1n) is 6.97. The molecule has 1 aromatic carbocycles. The van der Waals surface area contributed by atoms with Crippen LogP contribution in [0.4, 0.5) is 4.39 Å². The quantitative estimate of drug-likeness (QED) is 0.927. The number of piperidine rings is 1. The van der Waals surface area contributed by atoms with Crippen LogP contribution in [0.5, 0.6) is 0 Å². The molecule has 6 heteroatoms. The summed E-state index contributed by atoms with van der Waals surface area (Å²) in [6, 6.07) is 3.83. The van der Waals surface area contributed by atoms with E-state index in [1.165, 1.54) is 12.1 Å². The van der Waals surface area contributed by atoms with E-state index in [1.807, 2.05) is 0 Å². The number of hydrogen-bond donors (Lipinski definition) is 1. The summed E-state index contributed by atoms with van der Waals surface area (Å²) in [5, 5.41) is 9.02. The Morgan fingerprint density at radius 3 is 2.81 bits per heavy atom. The number of rotatable bonds is 4. The first-order chi connectivity index (χ1) is 9.99. The Labute approximate surface area is 127 Å². The molecule has 0 bridgehead atoms. The van der Waals surface area contributed by atoms with Gasteiger partial charge in [0.2, 0.25) is 0 Å². The average molecular weight is 314 g/mol. The molecule has 1 aromatic rings. The Balaban J connectivity index is 2.16. The van der Waals surface area contributed by atoms with Crippen LogP contribution in [0, 0.1) is 5.82 Å². The largest absolute Gasteiger partial charge is 0.481 e. The highest BCUT2D eigenvalue weighted by atomic mass is 35.5. The zero-order valence-electron chi connectivity index (χ0n) is 11.5. The normalized spacial score (nSPS) is 18.6. The molecule has 1 saturated heterocycles. The number of carbonyl (C=O) groups is 2. The number of halogens is 2. The Bertz CT molecular complexity index is 550. The minimum absolute atomic E-state index is 0.0115. The van der Waals surface area contributed by atoms with Gasteiger partial charge in [0.15, 0.2) is 0 Å². The maximum Gasteiger partial charge on any atom is 0.303 e. The molecular formula is C15H17ClFNO3. The van der Waals surface area contributed by atoms with Gasteiger partial charge in [0.05, 0.1) is 5.56 Å². The van der Waals surface area contributed by atoms with Gasteiger partial charge in [0.1, 0.15) is 5.82 Å². The predicted molar refractivity (Wildman–Crippen MR) is 77.0 cm³/mol. The molecule has 1 atom stereocenters. The molecular weight excluding hydrogens is 297 g/mol. The van der Waals surface area contributed by atoms with E-state index in [0.717, 1.165) is 25.3 Å². The number of nitrogens with zero attached hydrogens (tertiary/aromatic N) is 1. The second-order valence-electron chi connectivity index (χ2n) is 5.20. The fourth-order valence-electron chi connectivity index (χ4n) is 2.68. The highest BCUT2D eigenvalue weighted by Gasteiger charge is 2.29. The van der Waals surface area contributed by atoms with Gasteiger partial charge in [-0.2, -0.15) is 0 Å². The lowest BCUT2D eigenvalue weighted by molar-refractivity contribution is -0.137. The third-order valence-corrected chi connectivity index (χ3v) is 3.98. The molecule has 1 unspecified atom stereocenters. The number of benzene rings is 1. The van der Waals surface area contributed by atoms with E-state index >= 15 is 0 Å². The summed E-state index contributed by atoms with van der Waals surface area (Å²) in [5.41, 5.74) is -0.0124. The first kappa shape index (κ1) is 15.8. The number of carbonyl (C=O) groups excluding carboxylic acids is 1. The molecule has 4 nitrogen and oxygen atoms in total. The van der Waals surface area contributed by atoms with Crippen molar-refractivity contribution in [2.75, 3.05) is 6.54 Å². The van der Waals surface area contributed by atoms with Gasteiger partial charge in [0, 0.05) is 24.0 Å². The summed E-state index contributed by atoms with van der Waals surface area (Å²) >= 11 is 5.69. The number of carboxylic acid groups (broad SMARTS) is 1. The van der Waals surface area contributed by atoms with Gasteiger partial charge in [-0.3, -0.25) is 9.59 Å². The Hall–Kier alpha value is -1.62. The maximum atomic E-state index is 13.9. The van der Waals surface area contributed by atoms with Crippen LogP contribution in [0.15, 0.2) is 18.2 Å². The van der Waals surface area contributed by atoms with E-state index in [-0.39, 0.29) is 29.0 Å². The van der Waals surface area contributed by atoms with Crippen molar-refractivity contribution in [3.05, 3.63) is 34.6 Å². The van der Waals surface area contributed by atoms with Crippen LogP contribution in [0.3, 0.4) is 0 Å². The third-order valence-electron chi connectivity index (χ3n) is 3.74. The molecule has 0 aromatic heterocycles. The molecule has 1 amide bonds. The standard InChI is InChI=1S/C15H17ClFNO3/c16-10-4-6-12(13(17)9-10)15(21)18-8-2-1-3-11(18)5-7-14(19)20/h4,6,9,11H,1-3,5,7-8H2,(H,19,20). The summed E-state index contributed by atoms with van der Waals surface area (Å²) < 4.78 is 13.9.